The van der Waals surface area contributed by atoms with Gasteiger partial charge >= 0.3 is 0 Å². The number of hydrogen-bond acceptors (Lipinski definition) is 3. The molecule has 3 nitrogen and oxygen atoms in total. The molecule has 0 unspecified atom stereocenters. The average Bonchev–Trinajstić information content (AvgIpc) is 2.52. The van der Waals surface area contributed by atoms with Crippen LogP contribution < -0.4 is 0 Å². The number of hydrogen-bond donors (Lipinski definition) is 0. The van der Waals surface area contributed by atoms with Gasteiger partial charge in [0.2, 0.25) is 0 Å². The Hall–Kier alpha value is -2.68. The van der Waals surface area contributed by atoms with Crippen LogP contribution in [0, 0.1) is 0 Å². The first-order chi connectivity index (χ1) is 10.2. The molecule has 0 heterocycles. The third-order valence-electron chi connectivity index (χ3n) is 2.90. The highest BCUT2D eigenvalue weighted by molar-refractivity contribution is 6.30. The van der Waals surface area contributed by atoms with Gasteiger partial charge in [0.25, 0.3) is 0 Å². The standard InChI is InChI=1S/C18H18N2O/c1-20(2)19-14-13-17(15-9-5-3-6-10-15)18(21)16-11-7-4-8-12-16/h3-14H,1-2H3. The van der Waals surface area contributed by atoms with Crippen molar-refractivity contribution in [3.8, 4) is 0 Å². The molecule has 0 aliphatic rings. The molecule has 0 atom stereocenters. The highest BCUT2D eigenvalue weighted by Crippen LogP contribution is 2.19. The predicted molar refractivity (Wildman–Crippen MR) is 87.4 cm³/mol. The summed E-state index contributed by atoms with van der Waals surface area (Å²) in [5, 5.41) is 5.83. The van der Waals surface area contributed by atoms with E-state index in [9.17, 15) is 4.79 Å². The molecule has 0 fully saturated rings. The van der Waals surface area contributed by atoms with Crippen LogP contribution >= 0.6 is 0 Å². The maximum atomic E-state index is 12.7. The Morgan fingerprint density at radius 3 is 1.95 bits per heavy atom. The molecular weight excluding hydrogens is 260 g/mol. The predicted octanol–water partition coefficient (Wildman–Crippen LogP) is 3.50. The van der Waals surface area contributed by atoms with E-state index in [4.69, 9.17) is 0 Å². The minimum absolute atomic E-state index is 0.00740. The lowest BCUT2D eigenvalue weighted by Crippen LogP contribution is -2.04. The van der Waals surface area contributed by atoms with Crippen molar-refractivity contribution in [2.75, 3.05) is 14.1 Å². The van der Waals surface area contributed by atoms with Gasteiger partial charge in [0.05, 0.1) is 0 Å². The number of rotatable bonds is 5. The molecule has 0 N–H and O–H groups in total. The number of ketones is 1. The summed E-state index contributed by atoms with van der Waals surface area (Å²) >= 11 is 0. The van der Waals surface area contributed by atoms with Crippen molar-refractivity contribution >= 4 is 17.6 Å². The lowest BCUT2D eigenvalue weighted by atomic mass is 9.96. The zero-order valence-corrected chi connectivity index (χ0v) is 12.2. The first-order valence-electron chi connectivity index (χ1n) is 6.75. The highest BCUT2D eigenvalue weighted by atomic mass is 16.1. The number of allylic oxidation sites excluding steroid dienone is 2. The first kappa shape index (κ1) is 14.7. The van der Waals surface area contributed by atoms with Gasteiger partial charge in [-0.25, -0.2) is 0 Å². The Morgan fingerprint density at radius 1 is 0.905 bits per heavy atom. The first-order valence-corrected chi connectivity index (χ1v) is 6.75. The van der Waals surface area contributed by atoms with Gasteiger partial charge in [-0.1, -0.05) is 60.7 Å². The zero-order valence-electron chi connectivity index (χ0n) is 12.2. The van der Waals surface area contributed by atoms with Crippen LogP contribution in [-0.4, -0.2) is 31.1 Å². The second kappa shape index (κ2) is 7.20. The molecule has 2 rings (SSSR count). The maximum Gasteiger partial charge on any atom is 0.193 e. The molecule has 0 radical (unpaired) electrons. The van der Waals surface area contributed by atoms with E-state index in [1.54, 1.807) is 17.3 Å². The van der Waals surface area contributed by atoms with Crippen molar-refractivity contribution in [2.45, 2.75) is 0 Å². The molecule has 0 saturated carbocycles. The number of carbonyl (C=O) groups is 1. The molecule has 0 aromatic heterocycles. The van der Waals surface area contributed by atoms with Crippen molar-refractivity contribution in [1.82, 2.24) is 5.01 Å². The molecule has 106 valence electrons. The van der Waals surface area contributed by atoms with Crippen LogP contribution in [0.4, 0.5) is 0 Å². The van der Waals surface area contributed by atoms with Crippen LogP contribution in [-0.2, 0) is 0 Å². The lowest BCUT2D eigenvalue weighted by Gasteiger charge is -2.07. The Labute approximate surface area is 125 Å². The Bertz CT molecular complexity index is 643. The summed E-state index contributed by atoms with van der Waals surface area (Å²) < 4.78 is 0. The van der Waals surface area contributed by atoms with Gasteiger partial charge in [0, 0.05) is 31.4 Å². The monoisotopic (exact) mass is 278 g/mol. The van der Waals surface area contributed by atoms with Crippen LogP contribution in [0.25, 0.3) is 5.57 Å². The second-order valence-corrected chi connectivity index (χ2v) is 4.75. The van der Waals surface area contributed by atoms with Crippen molar-refractivity contribution in [1.29, 1.82) is 0 Å². The summed E-state index contributed by atoms with van der Waals surface area (Å²) in [7, 11) is 3.68. The van der Waals surface area contributed by atoms with Crippen LogP contribution in [0.15, 0.2) is 71.8 Å². The Kier molecular flexibility index (Phi) is 5.04. The number of nitrogens with zero attached hydrogens (tertiary/aromatic N) is 2. The molecule has 2 aromatic rings. The smallest absolute Gasteiger partial charge is 0.193 e. The van der Waals surface area contributed by atoms with Crippen molar-refractivity contribution < 1.29 is 4.79 Å². The average molecular weight is 278 g/mol. The van der Waals surface area contributed by atoms with Gasteiger partial charge < -0.3 is 5.01 Å². The SMILES string of the molecule is CN(C)N=CC=C(C(=O)c1ccccc1)c1ccccc1. The van der Waals surface area contributed by atoms with E-state index in [0.717, 1.165) is 5.56 Å². The van der Waals surface area contributed by atoms with E-state index in [-0.39, 0.29) is 5.78 Å². The van der Waals surface area contributed by atoms with Gasteiger partial charge in [-0.3, -0.25) is 4.79 Å². The summed E-state index contributed by atoms with van der Waals surface area (Å²) in [5.41, 5.74) is 2.19. The van der Waals surface area contributed by atoms with Crippen LogP contribution in [0.3, 0.4) is 0 Å². The van der Waals surface area contributed by atoms with E-state index >= 15 is 0 Å². The number of hydrazone groups is 1. The summed E-state index contributed by atoms with van der Waals surface area (Å²) in [6.07, 6.45) is 3.40. The number of Topliss-reactive ketones (excluding diaryl/α,β-unsaturated/α-hetero) is 1. The van der Waals surface area contributed by atoms with E-state index in [1.807, 2.05) is 74.8 Å². The largest absolute Gasteiger partial charge is 0.303 e. The van der Waals surface area contributed by atoms with Crippen LogP contribution in [0.2, 0.25) is 0 Å². The van der Waals surface area contributed by atoms with Gasteiger partial charge in [-0.2, -0.15) is 5.10 Å². The van der Waals surface area contributed by atoms with Gasteiger partial charge in [0.1, 0.15) is 0 Å². The lowest BCUT2D eigenvalue weighted by molar-refractivity contribution is 0.105. The molecule has 3 heteroatoms. The Balaban J connectivity index is 2.39. The van der Waals surface area contributed by atoms with Crippen LogP contribution in [0.1, 0.15) is 15.9 Å². The number of benzene rings is 2. The molecule has 0 saturated heterocycles. The van der Waals surface area contributed by atoms with Gasteiger partial charge in [0.15, 0.2) is 5.78 Å². The molecule has 0 aliphatic heterocycles. The zero-order chi connectivity index (χ0) is 15.1. The quantitative estimate of drug-likeness (QED) is 0.363. The molecule has 21 heavy (non-hydrogen) atoms. The van der Waals surface area contributed by atoms with Gasteiger partial charge in [-0.15, -0.1) is 0 Å². The van der Waals surface area contributed by atoms with Crippen LogP contribution in [0.5, 0.6) is 0 Å². The van der Waals surface area contributed by atoms with E-state index in [1.165, 1.54) is 0 Å². The summed E-state index contributed by atoms with van der Waals surface area (Å²) in [5.74, 6) is -0.00740. The third kappa shape index (κ3) is 4.14. The second-order valence-electron chi connectivity index (χ2n) is 4.75. The fourth-order valence-electron chi connectivity index (χ4n) is 1.91. The Morgan fingerprint density at radius 2 is 1.43 bits per heavy atom. The summed E-state index contributed by atoms with van der Waals surface area (Å²) in [6.45, 7) is 0. The molecular formula is C18H18N2O. The normalized spacial score (nSPS) is 11.6. The third-order valence-corrected chi connectivity index (χ3v) is 2.90. The highest BCUT2D eigenvalue weighted by Gasteiger charge is 2.13. The van der Waals surface area contributed by atoms with Crippen molar-refractivity contribution in [3.05, 3.63) is 77.9 Å². The van der Waals surface area contributed by atoms with E-state index in [0.29, 0.717) is 11.1 Å². The molecule has 0 bridgehead atoms. The fourth-order valence-corrected chi connectivity index (χ4v) is 1.91. The topological polar surface area (TPSA) is 32.7 Å². The minimum Gasteiger partial charge on any atom is -0.303 e. The summed E-state index contributed by atoms with van der Waals surface area (Å²) in [6, 6.07) is 18.9. The minimum atomic E-state index is -0.00740. The van der Waals surface area contributed by atoms with E-state index in [2.05, 4.69) is 5.10 Å². The van der Waals surface area contributed by atoms with E-state index < -0.39 is 0 Å². The fraction of sp³-hybridized carbons (Fsp3) is 0.111. The molecule has 2 aromatic carbocycles. The molecule has 0 spiro atoms. The number of carbonyl (C=O) groups excluding carboxylic acids is 1. The van der Waals surface area contributed by atoms with Gasteiger partial charge in [-0.05, 0) is 11.6 Å². The molecule has 0 amide bonds. The molecule has 0 aliphatic carbocycles. The van der Waals surface area contributed by atoms with Crippen molar-refractivity contribution in [3.63, 3.8) is 0 Å². The summed E-state index contributed by atoms with van der Waals surface area (Å²) in [4.78, 5) is 12.7. The van der Waals surface area contributed by atoms with Crippen molar-refractivity contribution in [2.24, 2.45) is 5.10 Å². The maximum absolute atomic E-state index is 12.7.